The highest BCUT2D eigenvalue weighted by Crippen LogP contribution is 2.37. The summed E-state index contributed by atoms with van der Waals surface area (Å²) in [5.41, 5.74) is 0.362. The largest absolute Gasteiger partial charge is 0.494 e. The summed E-state index contributed by atoms with van der Waals surface area (Å²) in [5, 5.41) is 4.68. The zero-order valence-corrected chi connectivity index (χ0v) is 19.4. The van der Waals surface area contributed by atoms with Crippen LogP contribution in [-0.4, -0.2) is 29.7 Å². The number of aromatic nitrogens is 1. The lowest BCUT2D eigenvalue weighted by molar-refractivity contribution is -0.198. The van der Waals surface area contributed by atoms with Crippen LogP contribution < -0.4 is 20.1 Å². The van der Waals surface area contributed by atoms with Gasteiger partial charge in [-0.15, -0.1) is 0 Å². The van der Waals surface area contributed by atoms with Gasteiger partial charge in [-0.1, -0.05) is 35.9 Å². The summed E-state index contributed by atoms with van der Waals surface area (Å²) in [6, 6.07) is 12.1. The number of nitrogens with one attached hydrogen (secondary N) is 2. The minimum Gasteiger partial charge on any atom is -0.494 e. The number of hydrogen-bond donors (Lipinski definition) is 2. The van der Waals surface area contributed by atoms with E-state index in [1.807, 2.05) is 0 Å². The molecule has 1 heterocycles. The summed E-state index contributed by atoms with van der Waals surface area (Å²) in [5.74, 6) is -0.548. The number of amides is 3. The Bertz CT molecular complexity index is 1200. The number of hydrogen-bond acceptors (Lipinski definition) is 5. The van der Waals surface area contributed by atoms with E-state index in [2.05, 4.69) is 15.6 Å². The molecule has 0 spiro atoms. The highest BCUT2D eigenvalue weighted by Gasteiger charge is 2.43. The molecule has 2 N–H and O–H groups in total. The van der Waals surface area contributed by atoms with Gasteiger partial charge in [0.25, 0.3) is 5.91 Å². The number of anilines is 1. The molecule has 0 aliphatic heterocycles. The van der Waals surface area contributed by atoms with E-state index < -0.39 is 24.2 Å². The number of imide groups is 1. The van der Waals surface area contributed by atoms with Crippen LogP contribution in [0.3, 0.4) is 0 Å². The van der Waals surface area contributed by atoms with E-state index in [0.29, 0.717) is 12.4 Å². The van der Waals surface area contributed by atoms with E-state index in [-0.39, 0.29) is 33.3 Å². The Morgan fingerprint density at radius 3 is 2.40 bits per heavy atom. The molecule has 3 rings (SSSR count). The maximum atomic E-state index is 13.7. The van der Waals surface area contributed by atoms with Crippen molar-refractivity contribution in [2.75, 3.05) is 11.9 Å². The second kappa shape index (κ2) is 11.1. The lowest BCUT2D eigenvalue weighted by Crippen LogP contribution is -2.34. The standard InChI is InChI=1S/C24H21ClF3N3O4/c1-3-34-17-10-8-15(9-11-17)20(24(26,27)28)35-22-14(2)12-16(13-29-22)30-23(33)31-21(32)18-6-4-5-7-19(18)25/h4-13,20H,3H2,1-2H3,(H2,30,31,32,33). The third-order valence-corrected chi connectivity index (χ3v) is 4.98. The second-order valence-corrected chi connectivity index (χ2v) is 7.68. The molecule has 3 amide bonds. The Hall–Kier alpha value is -3.79. The number of benzene rings is 2. The lowest BCUT2D eigenvalue weighted by Gasteiger charge is -2.23. The number of pyridine rings is 1. The van der Waals surface area contributed by atoms with Crippen LogP contribution in [0.4, 0.5) is 23.7 Å². The predicted molar refractivity (Wildman–Crippen MR) is 124 cm³/mol. The fraction of sp³-hybridized carbons (Fsp3) is 0.208. The topological polar surface area (TPSA) is 89.6 Å². The molecule has 0 saturated heterocycles. The average molecular weight is 508 g/mol. The third-order valence-electron chi connectivity index (χ3n) is 4.65. The summed E-state index contributed by atoms with van der Waals surface area (Å²) in [7, 11) is 0. The molecular formula is C24H21ClF3N3O4. The van der Waals surface area contributed by atoms with E-state index in [0.717, 1.165) is 6.20 Å². The van der Waals surface area contributed by atoms with Gasteiger partial charge in [0.15, 0.2) is 0 Å². The number of nitrogens with zero attached hydrogens (tertiary/aromatic N) is 1. The van der Waals surface area contributed by atoms with E-state index in [9.17, 15) is 22.8 Å². The van der Waals surface area contributed by atoms with Gasteiger partial charge >= 0.3 is 12.2 Å². The van der Waals surface area contributed by atoms with Gasteiger partial charge in [0, 0.05) is 11.1 Å². The summed E-state index contributed by atoms with van der Waals surface area (Å²) < 4.78 is 51.6. The molecule has 35 heavy (non-hydrogen) atoms. The fourth-order valence-corrected chi connectivity index (χ4v) is 3.29. The Morgan fingerprint density at radius 1 is 1.11 bits per heavy atom. The van der Waals surface area contributed by atoms with Crippen LogP contribution in [0.25, 0.3) is 0 Å². The Kier molecular flexibility index (Phi) is 8.18. The van der Waals surface area contributed by atoms with Crippen molar-refractivity contribution in [1.82, 2.24) is 10.3 Å². The smallest absolute Gasteiger partial charge is 0.429 e. The van der Waals surface area contributed by atoms with Gasteiger partial charge < -0.3 is 14.8 Å². The highest BCUT2D eigenvalue weighted by molar-refractivity contribution is 6.34. The lowest BCUT2D eigenvalue weighted by atomic mass is 10.1. The van der Waals surface area contributed by atoms with Crippen molar-refractivity contribution in [3.05, 3.63) is 82.5 Å². The zero-order valence-electron chi connectivity index (χ0n) is 18.7. The van der Waals surface area contributed by atoms with Gasteiger partial charge in [0.05, 0.1) is 29.1 Å². The van der Waals surface area contributed by atoms with Gasteiger partial charge in [-0.3, -0.25) is 10.1 Å². The minimum atomic E-state index is -4.71. The molecular weight excluding hydrogens is 487 g/mol. The summed E-state index contributed by atoms with van der Waals surface area (Å²) in [6.45, 7) is 3.63. The van der Waals surface area contributed by atoms with Gasteiger partial charge in [-0.25, -0.2) is 9.78 Å². The molecule has 0 aliphatic rings. The van der Waals surface area contributed by atoms with Crippen LogP contribution in [0.1, 0.15) is 34.5 Å². The van der Waals surface area contributed by atoms with Crippen LogP contribution in [0.2, 0.25) is 5.02 Å². The molecule has 0 fully saturated rings. The first-order valence-electron chi connectivity index (χ1n) is 10.4. The predicted octanol–water partition coefficient (Wildman–Crippen LogP) is 6.09. The van der Waals surface area contributed by atoms with Gasteiger partial charge in [-0.2, -0.15) is 13.2 Å². The molecule has 0 aliphatic carbocycles. The zero-order chi connectivity index (χ0) is 25.6. The molecule has 11 heteroatoms. The average Bonchev–Trinajstić information content (AvgIpc) is 2.79. The van der Waals surface area contributed by atoms with Gasteiger partial charge in [0.1, 0.15) is 5.75 Å². The number of aryl methyl sites for hydroxylation is 1. The number of carbonyl (C=O) groups excluding carboxylic acids is 2. The maximum Gasteiger partial charge on any atom is 0.429 e. The number of carbonyl (C=O) groups is 2. The number of urea groups is 1. The summed E-state index contributed by atoms with van der Waals surface area (Å²) >= 11 is 5.94. The van der Waals surface area contributed by atoms with Crippen molar-refractivity contribution in [1.29, 1.82) is 0 Å². The summed E-state index contributed by atoms with van der Waals surface area (Å²) in [6.07, 6.45) is -5.86. The SMILES string of the molecule is CCOc1ccc(C(Oc2ncc(NC(=O)NC(=O)c3ccccc3Cl)cc2C)C(F)(F)F)cc1. The molecule has 0 bridgehead atoms. The van der Waals surface area contributed by atoms with Crippen molar-refractivity contribution in [2.45, 2.75) is 26.1 Å². The first-order valence-corrected chi connectivity index (χ1v) is 10.8. The normalized spacial score (nSPS) is 11.9. The van der Waals surface area contributed by atoms with Crippen molar-refractivity contribution < 1.29 is 32.2 Å². The van der Waals surface area contributed by atoms with Gasteiger partial charge in [-0.05, 0) is 44.2 Å². The van der Waals surface area contributed by atoms with Crippen LogP contribution in [0, 0.1) is 6.92 Å². The number of alkyl halides is 3. The first-order chi connectivity index (χ1) is 16.6. The monoisotopic (exact) mass is 507 g/mol. The Labute approximate surface area is 204 Å². The molecule has 0 radical (unpaired) electrons. The summed E-state index contributed by atoms with van der Waals surface area (Å²) in [4.78, 5) is 28.3. The van der Waals surface area contributed by atoms with Crippen molar-refractivity contribution >= 4 is 29.2 Å². The number of ether oxygens (including phenoxy) is 2. The fourth-order valence-electron chi connectivity index (χ4n) is 3.07. The van der Waals surface area contributed by atoms with Crippen LogP contribution in [0.15, 0.2) is 60.8 Å². The minimum absolute atomic E-state index is 0.106. The van der Waals surface area contributed by atoms with Crippen LogP contribution in [0.5, 0.6) is 11.6 Å². The second-order valence-electron chi connectivity index (χ2n) is 7.28. The first kappa shape index (κ1) is 25.8. The molecule has 1 aromatic heterocycles. The van der Waals surface area contributed by atoms with Crippen molar-refractivity contribution in [3.8, 4) is 11.6 Å². The molecule has 184 valence electrons. The van der Waals surface area contributed by atoms with Crippen molar-refractivity contribution in [3.63, 3.8) is 0 Å². The quantitative estimate of drug-likeness (QED) is 0.404. The molecule has 2 aromatic carbocycles. The molecule has 7 nitrogen and oxygen atoms in total. The van der Waals surface area contributed by atoms with Gasteiger partial charge in [0.2, 0.25) is 12.0 Å². The molecule has 3 aromatic rings. The molecule has 0 saturated carbocycles. The van der Waals surface area contributed by atoms with E-state index >= 15 is 0 Å². The third kappa shape index (κ3) is 6.86. The molecule has 1 unspecified atom stereocenters. The number of halogens is 4. The highest BCUT2D eigenvalue weighted by atomic mass is 35.5. The maximum absolute atomic E-state index is 13.7. The number of rotatable bonds is 7. The van der Waals surface area contributed by atoms with Crippen LogP contribution in [-0.2, 0) is 0 Å². The van der Waals surface area contributed by atoms with E-state index in [4.69, 9.17) is 21.1 Å². The van der Waals surface area contributed by atoms with Crippen LogP contribution >= 0.6 is 11.6 Å². The van der Waals surface area contributed by atoms with Crippen molar-refractivity contribution in [2.24, 2.45) is 0 Å². The molecule has 1 atom stereocenters. The van der Waals surface area contributed by atoms with E-state index in [1.54, 1.807) is 19.1 Å². The Balaban J connectivity index is 1.70. The van der Waals surface area contributed by atoms with E-state index in [1.165, 1.54) is 49.4 Å². The Morgan fingerprint density at radius 2 is 1.80 bits per heavy atom.